The maximum absolute atomic E-state index is 12.9. The van der Waals surface area contributed by atoms with E-state index in [9.17, 15) is 22.0 Å². The predicted molar refractivity (Wildman–Crippen MR) is 76.8 cm³/mol. The summed E-state index contributed by atoms with van der Waals surface area (Å²) in [6.07, 6.45) is 0. The molecule has 1 rings (SSSR count). The maximum atomic E-state index is 12.9. The molecule has 0 aliphatic carbocycles. The third kappa shape index (κ3) is 4.38. The lowest BCUT2D eigenvalue weighted by Gasteiger charge is -2.21. The minimum absolute atomic E-state index is 0.00189. The monoisotopic (exact) mass is 337 g/mol. The van der Waals surface area contributed by atoms with Crippen molar-refractivity contribution in [2.45, 2.75) is 19.1 Å². The first-order chi connectivity index (χ1) is 10.1. The van der Waals surface area contributed by atoms with E-state index >= 15 is 0 Å². The zero-order chi connectivity index (χ0) is 17.0. The van der Waals surface area contributed by atoms with Crippen molar-refractivity contribution in [3.8, 4) is 0 Å². The molecule has 0 heterocycles. The van der Waals surface area contributed by atoms with E-state index in [1.165, 1.54) is 12.1 Å². The van der Waals surface area contributed by atoms with E-state index in [0.717, 1.165) is 18.8 Å². The van der Waals surface area contributed by atoms with Gasteiger partial charge in [0.1, 0.15) is 0 Å². The summed E-state index contributed by atoms with van der Waals surface area (Å²) >= 11 is 0. The summed E-state index contributed by atoms with van der Waals surface area (Å²) in [4.78, 5) is 13.6. The molecule has 0 aromatic heterocycles. The van der Waals surface area contributed by atoms with Gasteiger partial charge in [0, 0.05) is 18.8 Å². The Morgan fingerprint density at radius 3 is 2.14 bits per heavy atom. The van der Waals surface area contributed by atoms with Gasteiger partial charge < -0.3 is 9.64 Å². The molecule has 1 N–H and O–H groups in total. The molecule has 0 bridgehead atoms. The van der Waals surface area contributed by atoms with Crippen molar-refractivity contribution in [1.82, 2.24) is 0 Å². The molecule has 9 heteroatoms. The SMILES string of the molecule is CCN(CC)c1ccc(C(=O)OCC(F)(F)S(=O)(=O)O)cc1. The van der Waals surface area contributed by atoms with Crippen LogP contribution in [-0.2, 0) is 14.9 Å². The lowest BCUT2D eigenvalue weighted by molar-refractivity contribution is -0.00950. The van der Waals surface area contributed by atoms with Crippen LogP contribution in [-0.4, -0.2) is 43.9 Å². The van der Waals surface area contributed by atoms with Gasteiger partial charge in [-0.2, -0.15) is 17.2 Å². The highest BCUT2D eigenvalue weighted by Gasteiger charge is 2.45. The Morgan fingerprint density at radius 2 is 1.73 bits per heavy atom. The van der Waals surface area contributed by atoms with Crippen LogP contribution in [0.25, 0.3) is 0 Å². The molecule has 0 fully saturated rings. The number of benzene rings is 1. The van der Waals surface area contributed by atoms with Crippen molar-refractivity contribution in [2.75, 3.05) is 24.6 Å². The van der Waals surface area contributed by atoms with Crippen LogP contribution in [0, 0.1) is 0 Å². The first kappa shape index (κ1) is 18.3. The number of hydrogen-bond donors (Lipinski definition) is 1. The van der Waals surface area contributed by atoms with E-state index in [1.807, 2.05) is 18.7 Å². The van der Waals surface area contributed by atoms with E-state index in [0.29, 0.717) is 0 Å². The number of carbonyl (C=O) groups excluding carboxylic acids is 1. The van der Waals surface area contributed by atoms with E-state index in [1.54, 1.807) is 12.1 Å². The van der Waals surface area contributed by atoms with Crippen LogP contribution >= 0.6 is 0 Å². The average Bonchev–Trinajstić information content (AvgIpc) is 2.45. The highest BCUT2D eigenvalue weighted by Crippen LogP contribution is 2.21. The van der Waals surface area contributed by atoms with Crippen LogP contribution in [0.2, 0.25) is 0 Å². The van der Waals surface area contributed by atoms with Gasteiger partial charge in [-0.1, -0.05) is 0 Å². The Kier molecular flexibility index (Phi) is 5.84. The molecule has 0 aliphatic heterocycles. The fraction of sp³-hybridized carbons (Fsp3) is 0.462. The molecule has 124 valence electrons. The fourth-order valence-electron chi connectivity index (χ4n) is 1.70. The van der Waals surface area contributed by atoms with Gasteiger partial charge in [-0.05, 0) is 38.1 Å². The summed E-state index contributed by atoms with van der Waals surface area (Å²) in [6, 6.07) is 6.04. The van der Waals surface area contributed by atoms with Crippen molar-refractivity contribution in [3.05, 3.63) is 29.8 Å². The number of hydrogen-bond acceptors (Lipinski definition) is 5. The highest BCUT2D eigenvalue weighted by atomic mass is 32.2. The van der Waals surface area contributed by atoms with Crippen LogP contribution in [0.3, 0.4) is 0 Å². The lowest BCUT2D eigenvalue weighted by Crippen LogP contribution is -2.34. The smallest absolute Gasteiger partial charge is 0.402 e. The summed E-state index contributed by atoms with van der Waals surface area (Å²) in [5.41, 5.74) is 0.854. The van der Waals surface area contributed by atoms with E-state index in [2.05, 4.69) is 4.74 Å². The predicted octanol–water partition coefficient (Wildman–Crippen LogP) is 2.17. The molecule has 0 amide bonds. The minimum Gasteiger partial charge on any atom is -0.454 e. The topological polar surface area (TPSA) is 83.9 Å². The number of nitrogens with zero attached hydrogens (tertiary/aromatic N) is 1. The van der Waals surface area contributed by atoms with Crippen molar-refractivity contribution in [3.63, 3.8) is 0 Å². The van der Waals surface area contributed by atoms with Crippen molar-refractivity contribution in [2.24, 2.45) is 0 Å². The van der Waals surface area contributed by atoms with Crippen LogP contribution < -0.4 is 4.90 Å². The Labute approximate surface area is 127 Å². The zero-order valence-corrected chi connectivity index (χ0v) is 12.9. The van der Waals surface area contributed by atoms with Crippen molar-refractivity contribution in [1.29, 1.82) is 0 Å². The van der Waals surface area contributed by atoms with Gasteiger partial charge >= 0.3 is 21.3 Å². The third-order valence-corrected chi connectivity index (χ3v) is 3.85. The van der Waals surface area contributed by atoms with Gasteiger partial charge in [0.2, 0.25) is 0 Å². The molecule has 0 unspecified atom stereocenters. The first-order valence-corrected chi connectivity index (χ1v) is 7.93. The number of carbonyl (C=O) groups is 1. The second kappa shape index (κ2) is 7.01. The lowest BCUT2D eigenvalue weighted by atomic mass is 10.2. The molecule has 0 aliphatic rings. The Balaban J connectivity index is 2.75. The standard InChI is InChI=1S/C13H17F2NO5S/c1-3-16(4-2)11-7-5-10(6-8-11)12(17)21-9-13(14,15)22(18,19)20/h5-8H,3-4,9H2,1-2H3,(H,18,19,20). The second-order valence-electron chi connectivity index (χ2n) is 4.41. The molecule has 0 radical (unpaired) electrons. The van der Waals surface area contributed by atoms with Crippen molar-refractivity contribution >= 4 is 21.8 Å². The number of ether oxygens (including phenoxy) is 1. The molecule has 0 saturated heterocycles. The van der Waals surface area contributed by atoms with Crippen LogP contribution in [0.5, 0.6) is 0 Å². The van der Waals surface area contributed by atoms with Gasteiger partial charge in [0.15, 0.2) is 6.61 Å². The molecule has 1 aromatic carbocycles. The number of anilines is 1. The van der Waals surface area contributed by atoms with Gasteiger partial charge in [-0.25, -0.2) is 4.79 Å². The molecular formula is C13H17F2NO5S. The number of esters is 1. The fourth-order valence-corrected chi connectivity index (χ4v) is 1.91. The number of halogens is 2. The molecular weight excluding hydrogens is 320 g/mol. The van der Waals surface area contributed by atoms with E-state index < -0.39 is 27.9 Å². The maximum Gasteiger partial charge on any atom is 0.402 e. The summed E-state index contributed by atoms with van der Waals surface area (Å²) in [6.45, 7) is 3.70. The molecule has 1 aromatic rings. The van der Waals surface area contributed by atoms with Crippen LogP contribution in [0.1, 0.15) is 24.2 Å². The summed E-state index contributed by atoms with van der Waals surface area (Å²) in [5.74, 6) is -1.10. The van der Waals surface area contributed by atoms with Gasteiger partial charge in [-0.3, -0.25) is 4.55 Å². The van der Waals surface area contributed by atoms with Crippen molar-refractivity contribution < 1.29 is 31.3 Å². The third-order valence-electron chi connectivity index (χ3n) is 2.98. The van der Waals surface area contributed by atoms with Crippen LogP contribution in [0.15, 0.2) is 24.3 Å². The first-order valence-electron chi connectivity index (χ1n) is 6.49. The minimum atomic E-state index is -5.62. The van der Waals surface area contributed by atoms with E-state index in [-0.39, 0.29) is 5.56 Å². The summed E-state index contributed by atoms with van der Waals surface area (Å²) < 4.78 is 59.2. The normalized spacial score (nSPS) is 12.0. The van der Waals surface area contributed by atoms with E-state index in [4.69, 9.17) is 4.55 Å². The van der Waals surface area contributed by atoms with Gasteiger partial charge in [0.05, 0.1) is 5.56 Å². The molecule has 0 spiro atoms. The molecule has 0 saturated carbocycles. The summed E-state index contributed by atoms with van der Waals surface area (Å²) in [5, 5.41) is -4.54. The number of alkyl halides is 2. The van der Waals surface area contributed by atoms with Crippen LogP contribution in [0.4, 0.5) is 14.5 Å². The Bertz CT molecular complexity index is 612. The molecule has 22 heavy (non-hydrogen) atoms. The second-order valence-corrected chi connectivity index (χ2v) is 5.96. The zero-order valence-electron chi connectivity index (χ0n) is 12.1. The number of rotatable bonds is 7. The van der Waals surface area contributed by atoms with Gasteiger partial charge in [0.25, 0.3) is 0 Å². The summed E-state index contributed by atoms with van der Waals surface area (Å²) in [7, 11) is -5.62. The Morgan fingerprint density at radius 1 is 1.23 bits per heavy atom. The molecule has 6 nitrogen and oxygen atoms in total. The largest absolute Gasteiger partial charge is 0.454 e. The molecule has 0 atom stereocenters. The van der Waals surface area contributed by atoms with Gasteiger partial charge in [-0.15, -0.1) is 0 Å². The highest BCUT2D eigenvalue weighted by molar-refractivity contribution is 7.86. The Hall–Kier alpha value is -1.74. The average molecular weight is 337 g/mol. The quantitative estimate of drug-likeness (QED) is 0.606.